The molecular weight excluding hydrogens is 362 g/mol. The molecule has 2 aromatic carbocycles. The van der Waals surface area contributed by atoms with Gasteiger partial charge in [-0.1, -0.05) is 54.6 Å². The van der Waals surface area contributed by atoms with Crippen LogP contribution >= 0.6 is 0 Å². The van der Waals surface area contributed by atoms with Gasteiger partial charge in [-0.3, -0.25) is 14.6 Å². The highest BCUT2D eigenvalue weighted by Crippen LogP contribution is 2.20. The predicted octanol–water partition coefficient (Wildman–Crippen LogP) is 3.57. The van der Waals surface area contributed by atoms with Crippen molar-refractivity contribution >= 4 is 16.8 Å². The number of para-hydroxylation sites is 1. The lowest BCUT2D eigenvalue weighted by Crippen LogP contribution is -2.32. The van der Waals surface area contributed by atoms with E-state index in [-0.39, 0.29) is 23.9 Å². The number of H-pyrrole nitrogens is 1. The van der Waals surface area contributed by atoms with Crippen molar-refractivity contribution in [3.63, 3.8) is 0 Å². The molecule has 2 heterocycles. The van der Waals surface area contributed by atoms with Crippen molar-refractivity contribution in [2.24, 2.45) is 0 Å². The van der Waals surface area contributed by atoms with Crippen LogP contribution in [0.3, 0.4) is 0 Å². The van der Waals surface area contributed by atoms with E-state index in [1.54, 1.807) is 6.20 Å². The Bertz CT molecular complexity index is 1170. The molecule has 0 spiro atoms. The van der Waals surface area contributed by atoms with Gasteiger partial charge < -0.3 is 10.3 Å². The molecule has 5 heteroatoms. The fourth-order valence-electron chi connectivity index (χ4n) is 3.40. The van der Waals surface area contributed by atoms with E-state index < -0.39 is 0 Å². The molecule has 2 aromatic heterocycles. The minimum absolute atomic E-state index is 0.130. The molecule has 1 atom stereocenters. The van der Waals surface area contributed by atoms with Crippen molar-refractivity contribution in [2.45, 2.75) is 18.9 Å². The molecule has 0 radical (unpaired) electrons. The zero-order chi connectivity index (χ0) is 20.1. The van der Waals surface area contributed by atoms with E-state index in [0.29, 0.717) is 12.0 Å². The van der Waals surface area contributed by atoms with Gasteiger partial charge in [-0.25, -0.2) is 0 Å². The number of carbonyl (C=O) groups excluding carboxylic acids is 1. The fourth-order valence-corrected chi connectivity index (χ4v) is 3.40. The maximum atomic E-state index is 13.0. The number of fused-ring (bicyclic) bond motifs is 1. The highest BCUT2D eigenvalue weighted by molar-refractivity contribution is 5.84. The second kappa shape index (κ2) is 8.52. The molecule has 0 aliphatic heterocycles. The minimum Gasteiger partial charge on any atom is -0.351 e. The number of aromatic nitrogens is 2. The van der Waals surface area contributed by atoms with Crippen LogP contribution in [-0.2, 0) is 17.8 Å². The molecule has 1 amide bonds. The molecule has 1 unspecified atom stereocenters. The second-order valence-corrected chi connectivity index (χ2v) is 6.92. The molecule has 0 saturated heterocycles. The van der Waals surface area contributed by atoms with Crippen LogP contribution in [0, 0.1) is 0 Å². The summed E-state index contributed by atoms with van der Waals surface area (Å²) in [6.45, 7) is 0.171. The third-order valence-corrected chi connectivity index (χ3v) is 4.94. The molecule has 2 N–H and O–H groups in total. The van der Waals surface area contributed by atoms with Crippen LogP contribution in [0.4, 0.5) is 0 Å². The monoisotopic (exact) mass is 383 g/mol. The number of aromatic amines is 1. The number of pyridine rings is 2. The smallest absolute Gasteiger partial charge is 0.253 e. The number of carbonyl (C=O) groups is 1. The average Bonchev–Trinajstić information content (AvgIpc) is 2.77. The zero-order valence-corrected chi connectivity index (χ0v) is 15.8. The van der Waals surface area contributed by atoms with E-state index in [1.807, 2.05) is 78.9 Å². The second-order valence-electron chi connectivity index (χ2n) is 6.92. The van der Waals surface area contributed by atoms with Crippen molar-refractivity contribution in [1.29, 1.82) is 0 Å². The minimum atomic E-state index is -0.384. The van der Waals surface area contributed by atoms with Gasteiger partial charge in [-0.15, -0.1) is 0 Å². The Morgan fingerprint density at radius 1 is 0.966 bits per heavy atom. The van der Waals surface area contributed by atoms with Gasteiger partial charge in [-0.2, -0.15) is 0 Å². The van der Waals surface area contributed by atoms with Gasteiger partial charge in [-0.05, 0) is 35.2 Å². The van der Waals surface area contributed by atoms with Crippen LogP contribution in [0.15, 0.2) is 89.9 Å². The standard InChI is InChI=1S/C24H21N3O2/c28-23-19(14-18-10-4-5-12-22(18)27-23)16-26-24(29)21(17-8-2-1-3-9-17)15-20-11-6-7-13-25-20/h1-14,21H,15-16H2,(H,26,29)(H,27,28). The normalized spacial score (nSPS) is 11.9. The van der Waals surface area contributed by atoms with E-state index in [0.717, 1.165) is 22.2 Å². The maximum absolute atomic E-state index is 13.0. The SMILES string of the molecule is O=C(NCc1cc2ccccc2[nH]c1=O)C(Cc1ccccn1)c1ccccc1. The van der Waals surface area contributed by atoms with Gasteiger partial charge in [0, 0.05) is 35.9 Å². The summed E-state index contributed by atoms with van der Waals surface area (Å²) in [4.78, 5) is 32.6. The van der Waals surface area contributed by atoms with Gasteiger partial charge in [0.1, 0.15) is 0 Å². The van der Waals surface area contributed by atoms with Gasteiger partial charge in [0.2, 0.25) is 5.91 Å². The number of hydrogen-bond donors (Lipinski definition) is 2. The molecule has 4 rings (SSSR count). The first kappa shape index (κ1) is 18.6. The highest BCUT2D eigenvalue weighted by atomic mass is 16.2. The Morgan fingerprint density at radius 3 is 2.52 bits per heavy atom. The third-order valence-electron chi connectivity index (χ3n) is 4.94. The van der Waals surface area contributed by atoms with Crippen molar-refractivity contribution in [1.82, 2.24) is 15.3 Å². The number of nitrogens with zero attached hydrogens (tertiary/aromatic N) is 1. The quantitative estimate of drug-likeness (QED) is 0.535. The fraction of sp³-hybridized carbons (Fsp3) is 0.125. The number of rotatable bonds is 6. The molecule has 0 bridgehead atoms. The van der Waals surface area contributed by atoms with Crippen LogP contribution in [0.1, 0.15) is 22.7 Å². The van der Waals surface area contributed by atoms with Crippen molar-refractivity contribution in [3.8, 4) is 0 Å². The van der Waals surface area contributed by atoms with Crippen LogP contribution in [0.5, 0.6) is 0 Å². The topological polar surface area (TPSA) is 74.8 Å². The molecule has 0 fully saturated rings. The summed E-state index contributed by atoms with van der Waals surface area (Å²) >= 11 is 0. The summed E-state index contributed by atoms with van der Waals surface area (Å²) in [5.41, 5.74) is 2.89. The third kappa shape index (κ3) is 4.41. The Morgan fingerprint density at radius 2 is 1.72 bits per heavy atom. The van der Waals surface area contributed by atoms with Crippen LogP contribution < -0.4 is 10.9 Å². The van der Waals surface area contributed by atoms with Gasteiger partial charge in [0.15, 0.2) is 0 Å². The number of amides is 1. The lowest BCUT2D eigenvalue weighted by Gasteiger charge is -2.17. The molecule has 29 heavy (non-hydrogen) atoms. The van der Waals surface area contributed by atoms with E-state index in [9.17, 15) is 9.59 Å². The summed E-state index contributed by atoms with van der Waals surface area (Å²) in [5.74, 6) is -0.514. The number of nitrogens with one attached hydrogen (secondary N) is 2. The first-order valence-corrected chi connectivity index (χ1v) is 9.54. The lowest BCUT2D eigenvalue weighted by molar-refractivity contribution is -0.122. The van der Waals surface area contributed by atoms with E-state index >= 15 is 0 Å². The van der Waals surface area contributed by atoms with Crippen molar-refractivity contribution in [2.75, 3.05) is 0 Å². The Balaban J connectivity index is 1.55. The average molecular weight is 383 g/mol. The Kier molecular flexibility index (Phi) is 5.47. The van der Waals surface area contributed by atoms with E-state index in [2.05, 4.69) is 15.3 Å². The molecule has 0 aliphatic rings. The summed E-state index contributed by atoms with van der Waals surface area (Å²) < 4.78 is 0. The van der Waals surface area contributed by atoms with E-state index in [1.165, 1.54) is 0 Å². The zero-order valence-electron chi connectivity index (χ0n) is 15.8. The molecule has 0 aliphatic carbocycles. The molecule has 144 valence electrons. The summed E-state index contributed by atoms with van der Waals surface area (Å²) in [7, 11) is 0. The Hall–Kier alpha value is -3.73. The highest BCUT2D eigenvalue weighted by Gasteiger charge is 2.21. The van der Waals surface area contributed by atoms with Gasteiger partial charge in [0.25, 0.3) is 5.56 Å². The van der Waals surface area contributed by atoms with Gasteiger partial charge >= 0.3 is 0 Å². The Labute approximate surface area is 168 Å². The first-order valence-electron chi connectivity index (χ1n) is 9.54. The number of benzene rings is 2. The largest absolute Gasteiger partial charge is 0.351 e. The molecular formula is C24H21N3O2. The lowest BCUT2D eigenvalue weighted by atomic mass is 9.93. The molecule has 5 nitrogen and oxygen atoms in total. The van der Waals surface area contributed by atoms with Crippen LogP contribution in [0.25, 0.3) is 10.9 Å². The number of hydrogen-bond acceptors (Lipinski definition) is 3. The summed E-state index contributed by atoms with van der Waals surface area (Å²) in [6.07, 6.45) is 2.22. The van der Waals surface area contributed by atoms with Crippen molar-refractivity contribution < 1.29 is 4.79 Å². The maximum Gasteiger partial charge on any atom is 0.253 e. The van der Waals surface area contributed by atoms with E-state index in [4.69, 9.17) is 0 Å². The van der Waals surface area contributed by atoms with Crippen molar-refractivity contribution in [3.05, 3.63) is 112 Å². The molecule has 0 saturated carbocycles. The summed E-state index contributed by atoms with van der Waals surface area (Å²) in [6, 6.07) is 24.7. The first-order chi connectivity index (χ1) is 14.2. The molecule has 4 aromatic rings. The van der Waals surface area contributed by atoms with Crippen LogP contribution in [0.2, 0.25) is 0 Å². The predicted molar refractivity (Wildman–Crippen MR) is 114 cm³/mol. The van der Waals surface area contributed by atoms with Crippen LogP contribution in [-0.4, -0.2) is 15.9 Å². The summed E-state index contributed by atoms with van der Waals surface area (Å²) in [5, 5.41) is 3.87. The van der Waals surface area contributed by atoms with Gasteiger partial charge in [0.05, 0.1) is 5.92 Å².